The Morgan fingerprint density at radius 2 is 1.58 bits per heavy atom. The average Bonchev–Trinajstić information content (AvgIpc) is 2.67. The molecule has 0 heterocycles. The zero-order valence-corrected chi connectivity index (χ0v) is 15.3. The lowest BCUT2D eigenvalue weighted by Crippen LogP contribution is -2.39. The lowest BCUT2D eigenvalue weighted by atomic mass is 10.1. The van der Waals surface area contributed by atoms with E-state index in [2.05, 4.69) is 10.6 Å². The number of hydrogen-bond donors (Lipinski definition) is 2. The fourth-order valence-corrected chi connectivity index (χ4v) is 2.58. The van der Waals surface area contributed by atoms with E-state index in [1.165, 1.54) is 0 Å². The van der Waals surface area contributed by atoms with Crippen molar-refractivity contribution in [2.45, 2.75) is 45.4 Å². The molecule has 2 aromatic rings. The third-order valence-electron chi connectivity index (χ3n) is 4.14. The fraction of sp³-hybridized carbons (Fsp3) is 0.333. The van der Waals surface area contributed by atoms with Gasteiger partial charge in [-0.15, -0.1) is 0 Å². The normalized spacial score (nSPS) is 12.7. The van der Waals surface area contributed by atoms with Crippen molar-refractivity contribution in [1.29, 1.82) is 0 Å². The molecule has 0 aliphatic heterocycles. The molecular weight excluding hydrogens is 328 g/mol. The summed E-state index contributed by atoms with van der Waals surface area (Å²) in [6, 6.07) is 18.9. The molecule has 2 N–H and O–H groups in total. The van der Waals surface area contributed by atoms with Crippen molar-refractivity contribution in [3.8, 4) is 0 Å². The second-order valence-electron chi connectivity index (χ2n) is 6.22. The third-order valence-corrected chi connectivity index (χ3v) is 4.14. The van der Waals surface area contributed by atoms with Crippen LogP contribution in [0.5, 0.6) is 0 Å². The molecule has 138 valence electrons. The minimum Gasteiger partial charge on any atom is -0.445 e. The van der Waals surface area contributed by atoms with Crippen LogP contribution in [0.4, 0.5) is 4.79 Å². The van der Waals surface area contributed by atoms with E-state index in [0.29, 0.717) is 6.42 Å². The molecule has 0 fully saturated rings. The largest absolute Gasteiger partial charge is 0.445 e. The number of benzene rings is 2. The van der Waals surface area contributed by atoms with Gasteiger partial charge in [0.25, 0.3) is 0 Å². The van der Waals surface area contributed by atoms with E-state index >= 15 is 0 Å². The van der Waals surface area contributed by atoms with Crippen molar-refractivity contribution in [3.63, 3.8) is 0 Å². The maximum Gasteiger partial charge on any atom is 0.407 e. The number of alkyl carbamates (subject to hydrolysis) is 1. The lowest BCUT2D eigenvalue weighted by molar-refractivity contribution is -0.122. The Bertz CT molecular complexity index is 689. The van der Waals surface area contributed by atoms with Gasteiger partial charge in [-0.1, -0.05) is 67.6 Å². The summed E-state index contributed by atoms with van der Waals surface area (Å²) >= 11 is 0. The van der Waals surface area contributed by atoms with Crippen molar-refractivity contribution in [2.24, 2.45) is 0 Å². The molecule has 2 amide bonds. The predicted molar refractivity (Wildman–Crippen MR) is 101 cm³/mol. The summed E-state index contributed by atoms with van der Waals surface area (Å²) in [5.74, 6) is -0.100. The quantitative estimate of drug-likeness (QED) is 0.754. The highest BCUT2D eigenvalue weighted by Crippen LogP contribution is 2.12. The molecule has 0 aromatic heterocycles. The molecule has 1 unspecified atom stereocenters. The molecule has 26 heavy (non-hydrogen) atoms. The van der Waals surface area contributed by atoms with E-state index in [-0.39, 0.29) is 31.0 Å². The van der Waals surface area contributed by atoms with Crippen LogP contribution < -0.4 is 10.6 Å². The summed E-state index contributed by atoms with van der Waals surface area (Å²) in [5, 5.41) is 5.72. The van der Waals surface area contributed by atoms with E-state index in [4.69, 9.17) is 4.74 Å². The monoisotopic (exact) mass is 354 g/mol. The average molecular weight is 354 g/mol. The Hall–Kier alpha value is -2.82. The van der Waals surface area contributed by atoms with Crippen molar-refractivity contribution >= 4 is 12.0 Å². The van der Waals surface area contributed by atoms with Crippen LogP contribution in [-0.4, -0.2) is 18.0 Å². The van der Waals surface area contributed by atoms with E-state index in [1.807, 2.05) is 74.5 Å². The van der Waals surface area contributed by atoms with Crippen molar-refractivity contribution in [3.05, 3.63) is 71.8 Å². The second-order valence-corrected chi connectivity index (χ2v) is 6.22. The zero-order chi connectivity index (χ0) is 18.8. The fourth-order valence-electron chi connectivity index (χ4n) is 2.58. The second kappa shape index (κ2) is 10.2. The van der Waals surface area contributed by atoms with Gasteiger partial charge in [-0.05, 0) is 24.5 Å². The highest BCUT2D eigenvalue weighted by molar-refractivity contribution is 5.78. The summed E-state index contributed by atoms with van der Waals surface area (Å²) in [6.07, 6.45) is 0.353. The first kappa shape index (κ1) is 19.5. The Labute approximate surface area is 154 Å². The van der Waals surface area contributed by atoms with Crippen LogP contribution in [0.1, 0.15) is 43.9 Å². The van der Waals surface area contributed by atoms with Gasteiger partial charge in [0.15, 0.2) is 0 Å². The number of ether oxygens (including phenoxy) is 1. The zero-order valence-electron chi connectivity index (χ0n) is 15.3. The number of carbonyl (C=O) groups excluding carboxylic acids is 2. The molecule has 0 saturated carbocycles. The Balaban J connectivity index is 1.76. The van der Waals surface area contributed by atoms with E-state index in [0.717, 1.165) is 11.1 Å². The summed E-state index contributed by atoms with van der Waals surface area (Å²) < 4.78 is 5.21. The van der Waals surface area contributed by atoms with Gasteiger partial charge in [-0.2, -0.15) is 0 Å². The summed E-state index contributed by atoms with van der Waals surface area (Å²) in [6.45, 7) is 4.08. The molecule has 0 aliphatic rings. The smallest absolute Gasteiger partial charge is 0.407 e. The summed E-state index contributed by atoms with van der Waals surface area (Å²) in [5.41, 5.74) is 1.97. The molecule has 0 bridgehead atoms. The molecule has 5 nitrogen and oxygen atoms in total. The maximum atomic E-state index is 12.3. The number of nitrogens with one attached hydrogen (secondary N) is 2. The molecule has 2 atom stereocenters. The topological polar surface area (TPSA) is 67.4 Å². The van der Waals surface area contributed by atoms with E-state index < -0.39 is 6.09 Å². The number of amides is 2. The van der Waals surface area contributed by atoms with Gasteiger partial charge < -0.3 is 15.4 Å². The first-order valence-corrected chi connectivity index (χ1v) is 8.90. The number of carbonyl (C=O) groups is 2. The number of hydrogen-bond acceptors (Lipinski definition) is 3. The highest BCUT2D eigenvalue weighted by atomic mass is 16.5. The minimum atomic E-state index is -0.510. The first-order valence-electron chi connectivity index (χ1n) is 8.90. The van der Waals surface area contributed by atoms with Crippen molar-refractivity contribution in [2.75, 3.05) is 0 Å². The molecule has 0 spiro atoms. The molecule has 5 heteroatoms. The van der Waals surface area contributed by atoms with Gasteiger partial charge in [0, 0.05) is 12.5 Å². The van der Waals surface area contributed by atoms with Crippen LogP contribution in [0.3, 0.4) is 0 Å². The molecular formula is C21H26N2O3. The SMILES string of the molecule is CC[C@@H](CC(=O)NC(C)c1ccccc1)NC(=O)OCc1ccccc1. The van der Waals surface area contributed by atoms with Crippen molar-refractivity contribution in [1.82, 2.24) is 10.6 Å². The Morgan fingerprint density at radius 1 is 0.962 bits per heavy atom. The van der Waals surface area contributed by atoms with Gasteiger partial charge in [0.2, 0.25) is 5.91 Å². The van der Waals surface area contributed by atoms with Crippen LogP contribution in [0.25, 0.3) is 0 Å². The van der Waals surface area contributed by atoms with Gasteiger partial charge in [0.05, 0.1) is 6.04 Å². The summed E-state index contributed by atoms with van der Waals surface area (Å²) in [4.78, 5) is 24.2. The Morgan fingerprint density at radius 3 is 2.19 bits per heavy atom. The van der Waals surface area contributed by atoms with E-state index in [9.17, 15) is 9.59 Å². The van der Waals surface area contributed by atoms with Crippen LogP contribution in [0.2, 0.25) is 0 Å². The molecule has 0 saturated heterocycles. The first-order chi connectivity index (χ1) is 12.6. The van der Waals surface area contributed by atoms with Crippen LogP contribution in [0.15, 0.2) is 60.7 Å². The van der Waals surface area contributed by atoms with Gasteiger partial charge >= 0.3 is 6.09 Å². The van der Waals surface area contributed by atoms with Gasteiger partial charge in [0.1, 0.15) is 6.61 Å². The molecule has 2 aromatic carbocycles. The standard InChI is InChI=1S/C21H26N2O3/c1-3-19(23-21(25)26-15-17-10-6-4-7-11-17)14-20(24)22-16(2)18-12-8-5-9-13-18/h4-13,16,19H,3,14-15H2,1-2H3,(H,22,24)(H,23,25)/t16?,19-/m0/s1. The molecule has 2 rings (SSSR count). The van der Waals surface area contributed by atoms with Crippen LogP contribution >= 0.6 is 0 Å². The maximum absolute atomic E-state index is 12.3. The van der Waals surface area contributed by atoms with Crippen LogP contribution in [0, 0.1) is 0 Å². The minimum absolute atomic E-state index is 0.0776. The molecule has 0 aliphatic carbocycles. The van der Waals surface area contributed by atoms with E-state index in [1.54, 1.807) is 0 Å². The third kappa shape index (κ3) is 6.59. The lowest BCUT2D eigenvalue weighted by Gasteiger charge is -2.19. The van der Waals surface area contributed by atoms with Gasteiger partial charge in [-0.3, -0.25) is 4.79 Å². The van der Waals surface area contributed by atoms with Crippen molar-refractivity contribution < 1.29 is 14.3 Å². The highest BCUT2D eigenvalue weighted by Gasteiger charge is 2.17. The predicted octanol–water partition coefficient (Wildman–Crippen LogP) is 3.96. The molecule has 0 radical (unpaired) electrons. The number of rotatable bonds is 8. The van der Waals surface area contributed by atoms with Gasteiger partial charge in [-0.25, -0.2) is 4.79 Å². The summed E-state index contributed by atoms with van der Waals surface area (Å²) in [7, 11) is 0. The Kier molecular flexibility index (Phi) is 7.68. The van der Waals surface area contributed by atoms with Crippen LogP contribution in [-0.2, 0) is 16.1 Å².